The van der Waals surface area contributed by atoms with Gasteiger partial charge in [-0.05, 0) is 37.1 Å². The molecule has 0 fully saturated rings. The molecule has 3 rings (SSSR count). The van der Waals surface area contributed by atoms with Crippen LogP contribution in [-0.4, -0.2) is 49.5 Å². The molecule has 1 aliphatic rings. The van der Waals surface area contributed by atoms with Crippen molar-refractivity contribution in [3.8, 4) is 0 Å². The van der Waals surface area contributed by atoms with E-state index < -0.39 is 10.0 Å². The van der Waals surface area contributed by atoms with Gasteiger partial charge >= 0.3 is 0 Å². The highest BCUT2D eigenvalue weighted by atomic mass is 32.2. The van der Waals surface area contributed by atoms with Crippen LogP contribution in [0.4, 0.5) is 10.8 Å². The third kappa shape index (κ3) is 3.80. The highest BCUT2D eigenvalue weighted by molar-refractivity contribution is 8.01. The largest absolute Gasteiger partial charge is 0.363 e. The second kappa shape index (κ2) is 7.30. The lowest BCUT2D eigenvalue weighted by molar-refractivity contribution is 0.102. The van der Waals surface area contributed by atoms with Gasteiger partial charge in [-0.25, -0.2) is 8.42 Å². The molecule has 1 N–H and O–H groups in total. The number of rotatable bonds is 7. The molecule has 0 amide bonds. The maximum atomic E-state index is 12.4. The second-order valence-corrected chi connectivity index (χ2v) is 9.78. The van der Waals surface area contributed by atoms with E-state index in [0.29, 0.717) is 29.3 Å². The average molecular weight is 399 g/mol. The van der Waals surface area contributed by atoms with Crippen LogP contribution in [0.2, 0.25) is 0 Å². The molecular formula is C15H18N4O3S3. The Hall–Kier alpha value is -1.65. The maximum absolute atomic E-state index is 12.4. The molecule has 0 bridgehead atoms. The second-order valence-electron chi connectivity index (χ2n) is 5.40. The number of thioether (sulfide) groups is 1. The molecule has 1 aromatic carbocycles. The van der Waals surface area contributed by atoms with Crippen LogP contribution in [0.3, 0.4) is 0 Å². The zero-order valence-electron chi connectivity index (χ0n) is 13.9. The minimum absolute atomic E-state index is 0.00851. The highest BCUT2D eigenvalue weighted by Crippen LogP contribution is 2.32. The van der Waals surface area contributed by atoms with Gasteiger partial charge in [-0.15, -0.1) is 10.2 Å². The summed E-state index contributed by atoms with van der Waals surface area (Å²) in [5, 5.41) is 11.6. The van der Waals surface area contributed by atoms with Crippen LogP contribution in [0.5, 0.6) is 0 Å². The Labute approximate surface area is 154 Å². The molecule has 0 aliphatic carbocycles. The van der Waals surface area contributed by atoms with Gasteiger partial charge in [-0.2, -0.15) is 0 Å². The fourth-order valence-electron chi connectivity index (χ4n) is 2.57. The molecule has 7 nitrogen and oxygen atoms in total. The Bertz CT molecular complexity index is 895. The molecule has 2 heterocycles. The summed E-state index contributed by atoms with van der Waals surface area (Å²) in [4.78, 5) is 12.4. The average Bonchev–Trinajstić information content (AvgIpc) is 3.25. The molecule has 0 atom stereocenters. The van der Waals surface area contributed by atoms with Gasteiger partial charge in [0, 0.05) is 19.2 Å². The molecule has 0 saturated heterocycles. The van der Waals surface area contributed by atoms with E-state index >= 15 is 0 Å². The summed E-state index contributed by atoms with van der Waals surface area (Å²) in [5.41, 5.74) is 2.19. The molecule has 0 spiro atoms. The Morgan fingerprint density at radius 2 is 2.20 bits per heavy atom. The van der Waals surface area contributed by atoms with Crippen molar-refractivity contribution in [2.24, 2.45) is 0 Å². The first-order chi connectivity index (χ1) is 11.9. The molecule has 0 unspecified atom stereocenters. The SMILES string of the molecule is CCS(=O)(=O)N1CCc2cc(C(=O)CSc3nnc(NC)s3)ccc21. The fraction of sp³-hybridized carbons (Fsp3) is 0.400. The lowest BCUT2D eigenvalue weighted by Crippen LogP contribution is -2.30. The molecule has 1 aliphatic heterocycles. The van der Waals surface area contributed by atoms with Gasteiger partial charge < -0.3 is 5.32 Å². The molecule has 2 aromatic rings. The Morgan fingerprint density at radius 1 is 1.40 bits per heavy atom. The number of anilines is 2. The van der Waals surface area contributed by atoms with Crippen molar-refractivity contribution in [1.82, 2.24) is 10.2 Å². The van der Waals surface area contributed by atoms with E-state index in [1.54, 1.807) is 26.1 Å². The van der Waals surface area contributed by atoms with E-state index in [1.165, 1.54) is 27.4 Å². The summed E-state index contributed by atoms with van der Waals surface area (Å²) < 4.78 is 26.4. The summed E-state index contributed by atoms with van der Waals surface area (Å²) in [5.74, 6) is 0.333. The van der Waals surface area contributed by atoms with Crippen LogP contribution in [0, 0.1) is 0 Å². The van der Waals surface area contributed by atoms with Crippen LogP contribution in [-0.2, 0) is 16.4 Å². The van der Waals surface area contributed by atoms with Crippen molar-refractivity contribution in [1.29, 1.82) is 0 Å². The van der Waals surface area contributed by atoms with Crippen LogP contribution in [0.1, 0.15) is 22.8 Å². The van der Waals surface area contributed by atoms with Gasteiger partial charge in [0.1, 0.15) is 0 Å². The van der Waals surface area contributed by atoms with Crippen molar-refractivity contribution >= 4 is 49.7 Å². The molecular weight excluding hydrogens is 380 g/mol. The van der Waals surface area contributed by atoms with Crippen LogP contribution >= 0.6 is 23.1 Å². The Balaban J connectivity index is 1.71. The number of hydrogen-bond acceptors (Lipinski definition) is 8. The Kier molecular flexibility index (Phi) is 5.30. The zero-order chi connectivity index (χ0) is 18.0. The lowest BCUT2D eigenvalue weighted by Gasteiger charge is -2.18. The van der Waals surface area contributed by atoms with E-state index in [0.717, 1.165) is 9.90 Å². The quantitative estimate of drug-likeness (QED) is 0.565. The normalized spacial score (nSPS) is 13.8. The summed E-state index contributed by atoms with van der Waals surface area (Å²) in [6.07, 6.45) is 0.630. The number of nitrogens with one attached hydrogen (secondary N) is 1. The number of aromatic nitrogens is 2. The third-order valence-corrected chi connectivity index (χ3v) is 7.76. The first-order valence-electron chi connectivity index (χ1n) is 7.75. The fourth-order valence-corrected chi connectivity index (χ4v) is 5.33. The first-order valence-corrected chi connectivity index (χ1v) is 11.2. The number of hydrogen-bond donors (Lipinski definition) is 1. The van der Waals surface area contributed by atoms with Gasteiger partial charge in [0.05, 0.1) is 17.2 Å². The van der Waals surface area contributed by atoms with Crippen LogP contribution in [0.15, 0.2) is 22.5 Å². The number of carbonyl (C=O) groups excluding carboxylic acids is 1. The number of sulfonamides is 1. The minimum Gasteiger partial charge on any atom is -0.363 e. The smallest absolute Gasteiger partial charge is 0.234 e. The molecule has 0 radical (unpaired) electrons. The van der Waals surface area contributed by atoms with E-state index in [9.17, 15) is 13.2 Å². The first kappa shape index (κ1) is 18.2. The topological polar surface area (TPSA) is 92.3 Å². The summed E-state index contributed by atoms with van der Waals surface area (Å²) in [6, 6.07) is 5.24. The van der Waals surface area contributed by atoms with Crippen molar-refractivity contribution in [2.75, 3.05) is 34.7 Å². The number of benzene rings is 1. The van der Waals surface area contributed by atoms with Gasteiger partial charge in [0.15, 0.2) is 10.1 Å². The molecule has 10 heteroatoms. The number of Topliss-reactive ketones (excluding diaryl/α,β-unsaturated/α-hetero) is 1. The lowest BCUT2D eigenvalue weighted by atomic mass is 10.1. The Morgan fingerprint density at radius 3 is 2.88 bits per heavy atom. The predicted octanol–water partition coefficient (Wildman–Crippen LogP) is 2.27. The standard InChI is InChI=1S/C15H18N4O3S3/c1-3-25(21,22)19-7-6-10-8-11(4-5-12(10)19)13(20)9-23-15-18-17-14(16-2)24-15/h4-5,8H,3,6-7,9H2,1-2H3,(H,16,17). The van der Waals surface area contributed by atoms with Crippen molar-refractivity contribution in [3.63, 3.8) is 0 Å². The maximum Gasteiger partial charge on any atom is 0.234 e. The van der Waals surface area contributed by atoms with E-state index in [2.05, 4.69) is 15.5 Å². The predicted molar refractivity (Wildman–Crippen MR) is 101 cm³/mol. The zero-order valence-corrected chi connectivity index (χ0v) is 16.3. The summed E-state index contributed by atoms with van der Waals surface area (Å²) >= 11 is 2.75. The highest BCUT2D eigenvalue weighted by Gasteiger charge is 2.28. The van der Waals surface area contributed by atoms with Gasteiger partial charge in [0.2, 0.25) is 15.2 Å². The minimum atomic E-state index is -3.27. The van der Waals surface area contributed by atoms with Crippen LogP contribution < -0.4 is 9.62 Å². The summed E-state index contributed by atoms with van der Waals surface area (Å²) in [6.45, 7) is 2.07. The van der Waals surface area contributed by atoms with Gasteiger partial charge in [-0.3, -0.25) is 9.10 Å². The molecule has 1 aromatic heterocycles. The van der Waals surface area contributed by atoms with Crippen molar-refractivity contribution in [2.45, 2.75) is 17.7 Å². The van der Waals surface area contributed by atoms with Crippen molar-refractivity contribution in [3.05, 3.63) is 29.3 Å². The number of ketones is 1. The van der Waals surface area contributed by atoms with Gasteiger partial charge in [-0.1, -0.05) is 23.1 Å². The van der Waals surface area contributed by atoms with Crippen molar-refractivity contribution < 1.29 is 13.2 Å². The molecule has 25 heavy (non-hydrogen) atoms. The number of fused-ring (bicyclic) bond motifs is 1. The van der Waals surface area contributed by atoms with E-state index in [-0.39, 0.29) is 17.3 Å². The van der Waals surface area contributed by atoms with E-state index in [4.69, 9.17) is 0 Å². The third-order valence-electron chi connectivity index (χ3n) is 3.90. The molecule has 0 saturated carbocycles. The monoisotopic (exact) mass is 398 g/mol. The van der Waals surface area contributed by atoms with E-state index in [1.807, 2.05) is 6.07 Å². The van der Waals surface area contributed by atoms with Gasteiger partial charge in [0.25, 0.3) is 0 Å². The number of carbonyl (C=O) groups is 1. The summed E-state index contributed by atoms with van der Waals surface area (Å²) in [7, 11) is -1.50. The van der Waals surface area contributed by atoms with Crippen LogP contribution in [0.25, 0.3) is 0 Å². The molecule has 134 valence electrons. The number of nitrogens with zero attached hydrogens (tertiary/aromatic N) is 3.